The minimum absolute atomic E-state index is 0.0546. The molecule has 0 aliphatic rings. The predicted molar refractivity (Wildman–Crippen MR) is 78.5 cm³/mol. The van der Waals surface area contributed by atoms with Crippen LogP contribution in [-0.4, -0.2) is 5.97 Å². The molecule has 0 bridgehead atoms. The molecule has 0 heterocycles. The largest absolute Gasteiger partial charge is 0.457 e. The highest BCUT2D eigenvalue weighted by Gasteiger charge is 2.13. The first-order valence-electron chi connectivity index (χ1n) is 5.74. The van der Waals surface area contributed by atoms with Crippen molar-refractivity contribution in [3.63, 3.8) is 0 Å². The number of ether oxygens (including phenoxy) is 1. The molecule has 0 saturated heterocycles. The monoisotopic (exact) mass is 338 g/mol. The molecule has 2 rings (SSSR count). The summed E-state index contributed by atoms with van der Waals surface area (Å²) in [6, 6.07) is 9.05. The molecule has 2 aromatic carbocycles. The summed E-state index contributed by atoms with van der Waals surface area (Å²) in [6.07, 6.45) is 0. The van der Waals surface area contributed by atoms with Gasteiger partial charge in [0.25, 0.3) is 0 Å². The van der Waals surface area contributed by atoms with Gasteiger partial charge < -0.3 is 16.2 Å². The van der Waals surface area contributed by atoms with Crippen LogP contribution in [0.25, 0.3) is 0 Å². The van der Waals surface area contributed by atoms with E-state index in [4.69, 9.17) is 16.2 Å². The molecule has 6 heteroatoms. The number of carbonyl (C=O) groups is 1. The minimum atomic E-state index is -0.585. The molecule has 0 aliphatic heterocycles. The third kappa shape index (κ3) is 3.08. The van der Waals surface area contributed by atoms with Gasteiger partial charge in [-0.1, -0.05) is 12.1 Å². The summed E-state index contributed by atoms with van der Waals surface area (Å²) in [4.78, 5) is 11.9. The highest BCUT2D eigenvalue weighted by molar-refractivity contribution is 9.10. The average molecular weight is 339 g/mol. The maximum Gasteiger partial charge on any atom is 0.340 e. The second-order valence-electron chi connectivity index (χ2n) is 4.14. The van der Waals surface area contributed by atoms with E-state index in [1.165, 1.54) is 18.2 Å². The van der Waals surface area contributed by atoms with Crippen LogP contribution in [0.5, 0.6) is 0 Å². The van der Waals surface area contributed by atoms with Gasteiger partial charge in [0.1, 0.15) is 12.4 Å². The molecule has 20 heavy (non-hydrogen) atoms. The highest BCUT2D eigenvalue weighted by Crippen LogP contribution is 2.22. The van der Waals surface area contributed by atoms with Gasteiger partial charge >= 0.3 is 5.97 Å². The number of nitrogen functional groups attached to an aromatic ring is 2. The van der Waals surface area contributed by atoms with Gasteiger partial charge in [-0.25, -0.2) is 9.18 Å². The van der Waals surface area contributed by atoms with E-state index in [9.17, 15) is 9.18 Å². The van der Waals surface area contributed by atoms with Crippen LogP contribution < -0.4 is 11.5 Å². The zero-order chi connectivity index (χ0) is 14.7. The third-order valence-electron chi connectivity index (χ3n) is 2.69. The van der Waals surface area contributed by atoms with Gasteiger partial charge in [-0.15, -0.1) is 0 Å². The Kier molecular flexibility index (Phi) is 4.24. The Bertz CT molecular complexity index is 662. The second-order valence-corrected chi connectivity index (χ2v) is 4.93. The predicted octanol–water partition coefficient (Wildman–Crippen LogP) is 3.11. The lowest BCUT2D eigenvalue weighted by molar-refractivity contribution is 0.0473. The molecule has 0 aromatic heterocycles. The van der Waals surface area contributed by atoms with E-state index in [1.807, 2.05) is 0 Å². The van der Waals surface area contributed by atoms with Crippen LogP contribution in [0.1, 0.15) is 15.9 Å². The Balaban J connectivity index is 2.11. The number of carbonyl (C=O) groups excluding carboxylic acids is 1. The third-order valence-corrected chi connectivity index (χ3v) is 3.57. The van der Waals surface area contributed by atoms with Crippen molar-refractivity contribution in [2.75, 3.05) is 11.5 Å². The van der Waals surface area contributed by atoms with Gasteiger partial charge in [0.2, 0.25) is 0 Å². The molecule has 104 valence electrons. The minimum Gasteiger partial charge on any atom is -0.457 e. The first kappa shape index (κ1) is 14.3. The van der Waals surface area contributed by atoms with Gasteiger partial charge in [0.05, 0.1) is 10.0 Å². The topological polar surface area (TPSA) is 78.3 Å². The molecule has 4 nitrogen and oxygen atoms in total. The number of esters is 1. The summed E-state index contributed by atoms with van der Waals surface area (Å²) >= 11 is 3.10. The zero-order valence-corrected chi connectivity index (χ0v) is 12.0. The molecule has 0 fully saturated rings. The fourth-order valence-electron chi connectivity index (χ4n) is 1.65. The first-order valence-corrected chi connectivity index (χ1v) is 6.53. The Morgan fingerprint density at radius 2 is 2.00 bits per heavy atom. The van der Waals surface area contributed by atoms with Crippen molar-refractivity contribution in [3.05, 3.63) is 57.8 Å². The van der Waals surface area contributed by atoms with E-state index in [-0.39, 0.29) is 22.3 Å². The maximum atomic E-state index is 13.3. The standard InChI is InChI=1S/C14H12BrFN2O2/c15-13-8(2-1-3-11(13)16)7-20-14(19)10-5-4-9(17)6-12(10)18/h1-6H,7,17-18H2. The summed E-state index contributed by atoms with van der Waals surface area (Å²) in [5.41, 5.74) is 12.7. The van der Waals surface area contributed by atoms with Gasteiger partial charge in [-0.3, -0.25) is 0 Å². The molecule has 0 atom stereocenters. The van der Waals surface area contributed by atoms with E-state index < -0.39 is 11.8 Å². The number of benzene rings is 2. The van der Waals surface area contributed by atoms with E-state index in [0.29, 0.717) is 11.3 Å². The first-order chi connectivity index (χ1) is 9.49. The second kappa shape index (κ2) is 5.92. The summed E-state index contributed by atoms with van der Waals surface area (Å²) in [6.45, 7) is -0.0546. The lowest BCUT2D eigenvalue weighted by Crippen LogP contribution is -2.09. The van der Waals surface area contributed by atoms with Gasteiger partial charge in [0.15, 0.2) is 0 Å². The Morgan fingerprint density at radius 3 is 2.70 bits per heavy atom. The van der Waals surface area contributed by atoms with Crippen LogP contribution >= 0.6 is 15.9 Å². The number of anilines is 2. The van der Waals surface area contributed by atoms with Crippen LogP contribution in [0.4, 0.5) is 15.8 Å². The van der Waals surface area contributed by atoms with E-state index in [2.05, 4.69) is 15.9 Å². The van der Waals surface area contributed by atoms with Crippen molar-refractivity contribution in [1.82, 2.24) is 0 Å². The quantitative estimate of drug-likeness (QED) is 0.665. The van der Waals surface area contributed by atoms with E-state index >= 15 is 0 Å². The fraction of sp³-hybridized carbons (Fsp3) is 0.0714. The fourth-order valence-corrected chi connectivity index (χ4v) is 2.03. The van der Waals surface area contributed by atoms with Gasteiger partial charge in [0, 0.05) is 16.9 Å². The van der Waals surface area contributed by atoms with Gasteiger partial charge in [-0.05, 0) is 40.2 Å². The average Bonchev–Trinajstić information content (AvgIpc) is 2.40. The molecule has 0 aliphatic carbocycles. The summed E-state index contributed by atoms with van der Waals surface area (Å²) in [5.74, 6) is -0.996. The molecular weight excluding hydrogens is 327 g/mol. The molecule has 4 N–H and O–H groups in total. The van der Waals surface area contributed by atoms with Crippen molar-refractivity contribution >= 4 is 33.3 Å². The van der Waals surface area contributed by atoms with E-state index in [0.717, 1.165) is 0 Å². The van der Waals surface area contributed by atoms with E-state index in [1.54, 1.807) is 18.2 Å². The molecule has 0 radical (unpaired) electrons. The van der Waals surface area contributed by atoms with Gasteiger partial charge in [-0.2, -0.15) is 0 Å². The maximum absolute atomic E-state index is 13.3. The number of halogens is 2. The smallest absolute Gasteiger partial charge is 0.340 e. The normalized spacial score (nSPS) is 10.3. The molecule has 0 unspecified atom stereocenters. The number of rotatable bonds is 3. The van der Waals surface area contributed by atoms with Crippen LogP contribution in [0.3, 0.4) is 0 Å². The molecule has 0 saturated carbocycles. The SMILES string of the molecule is Nc1ccc(C(=O)OCc2cccc(F)c2Br)c(N)c1. The molecule has 0 amide bonds. The zero-order valence-electron chi connectivity index (χ0n) is 10.4. The van der Waals surface area contributed by atoms with Crippen LogP contribution in [0.15, 0.2) is 40.9 Å². The molecule has 2 aromatic rings. The van der Waals surface area contributed by atoms with Crippen LogP contribution in [0.2, 0.25) is 0 Å². The summed E-state index contributed by atoms with van der Waals surface area (Å²) < 4.78 is 18.7. The molecule has 0 spiro atoms. The van der Waals surface area contributed by atoms with Crippen LogP contribution in [-0.2, 0) is 11.3 Å². The van der Waals surface area contributed by atoms with Crippen LogP contribution in [0, 0.1) is 5.82 Å². The van der Waals surface area contributed by atoms with Crippen molar-refractivity contribution in [2.45, 2.75) is 6.61 Å². The Morgan fingerprint density at radius 1 is 1.25 bits per heavy atom. The Labute approximate surface area is 123 Å². The number of hydrogen-bond donors (Lipinski definition) is 2. The summed E-state index contributed by atoms with van der Waals surface area (Å²) in [5, 5.41) is 0. The van der Waals surface area contributed by atoms with Crippen molar-refractivity contribution in [3.8, 4) is 0 Å². The van der Waals surface area contributed by atoms with Crippen molar-refractivity contribution < 1.29 is 13.9 Å². The summed E-state index contributed by atoms with van der Waals surface area (Å²) in [7, 11) is 0. The van der Waals surface area contributed by atoms with Crippen molar-refractivity contribution in [1.29, 1.82) is 0 Å². The Hall–Kier alpha value is -2.08. The van der Waals surface area contributed by atoms with Crippen molar-refractivity contribution in [2.24, 2.45) is 0 Å². The molecular formula is C14H12BrFN2O2. The lowest BCUT2D eigenvalue weighted by atomic mass is 10.1. The number of hydrogen-bond acceptors (Lipinski definition) is 4. The number of nitrogens with two attached hydrogens (primary N) is 2. The lowest BCUT2D eigenvalue weighted by Gasteiger charge is -2.09. The highest BCUT2D eigenvalue weighted by atomic mass is 79.9.